The molecule has 0 radical (unpaired) electrons. The first-order valence-corrected chi connectivity index (χ1v) is 4.12. The van der Waals surface area contributed by atoms with Gasteiger partial charge in [-0.2, -0.15) is 0 Å². The van der Waals surface area contributed by atoms with E-state index >= 15 is 0 Å². The molecule has 0 saturated carbocycles. The number of alkyl halides is 3. The van der Waals surface area contributed by atoms with Crippen molar-refractivity contribution >= 4 is 0 Å². The van der Waals surface area contributed by atoms with Crippen molar-refractivity contribution in [2.45, 2.75) is 46.7 Å². The Morgan fingerprint density at radius 3 is 1.42 bits per heavy atom. The molecule has 0 aromatic heterocycles. The zero-order chi connectivity index (χ0) is 10.2. The first-order chi connectivity index (χ1) is 5.10. The van der Waals surface area contributed by atoms with Gasteiger partial charge in [0.2, 0.25) is 0 Å². The molecule has 0 rings (SSSR count). The topological polar surface area (TPSA) is 0 Å². The molecule has 1 unspecified atom stereocenters. The van der Waals surface area contributed by atoms with E-state index in [1.54, 1.807) is 13.8 Å². The van der Waals surface area contributed by atoms with Gasteiger partial charge in [0.05, 0.1) is 5.41 Å². The highest BCUT2D eigenvalue weighted by atomic mass is 19.3. The van der Waals surface area contributed by atoms with E-state index in [2.05, 4.69) is 0 Å². The summed E-state index contributed by atoms with van der Waals surface area (Å²) in [6, 6.07) is 0. The maximum atomic E-state index is 13.3. The second-order valence-corrected chi connectivity index (χ2v) is 4.26. The molecule has 0 aliphatic heterocycles. The zero-order valence-electron chi connectivity index (χ0n) is 8.29. The Labute approximate surface area is 72.2 Å². The van der Waals surface area contributed by atoms with Crippen LogP contribution in [0.5, 0.6) is 0 Å². The molecule has 0 N–H and O–H groups in total. The maximum Gasteiger partial charge on any atom is 0.253 e. The van der Waals surface area contributed by atoms with Crippen LogP contribution in [0.25, 0.3) is 0 Å². The van der Waals surface area contributed by atoms with Crippen molar-refractivity contribution in [3.63, 3.8) is 0 Å². The van der Waals surface area contributed by atoms with Crippen LogP contribution in [0.2, 0.25) is 0 Å². The minimum atomic E-state index is -2.98. The van der Waals surface area contributed by atoms with E-state index in [0.717, 1.165) is 6.92 Å². The van der Waals surface area contributed by atoms with Crippen LogP contribution in [0, 0.1) is 11.3 Å². The lowest BCUT2D eigenvalue weighted by atomic mass is 9.77. The molecule has 0 heterocycles. The van der Waals surface area contributed by atoms with E-state index in [9.17, 15) is 13.2 Å². The van der Waals surface area contributed by atoms with Gasteiger partial charge in [-0.3, -0.25) is 0 Å². The quantitative estimate of drug-likeness (QED) is 0.624. The molecule has 0 bridgehead atoms. The predicted molar refractivity (Wildman–Crippen MR) is 44.1 cm³/mol. The Bertz CT molecular complexity index is 144. The third-order valence-electron chi connectivity index (χ3n) is 2.41. The van der Waals surface area contributed by atoms with E-state index in [4.69, 9.17) is 0 Å². The van der Waals surface area contributed by atoms with Crippen molar-refractivity contribution in [2.75, 3.05) is 0 Å². The number of hydrogen-bond donors (Lipinski definition) is 0. The molecule has 74 valence electrons. The molecule has 0 saturated heterocycles. The van der Waals surface area contributed by atoms with Gasteiger partial charge >= 0.3 is 0 Å². The molecule has 0 spiro atoms. The summed E-state index contributed by atoms with van der Waals surface area (Å²) >= 11 is 0. The predicted octanol–water partition coefficient (Wildman–Crippen LogP) is 3.66. The maximum absolute atomic E-state index is 13.3. The van der Waals surface area contributed by atoms with Crippen molar-refractivity contribution in [2.24, 2.45) is 11.3 Å². The second kappa shape index (κ2) is 3.27. The highest BCUT2D eigenvalue weighted by Crippen LogP contribution is 2.42. The molecular formula is C9H17F3. The summed E-state index contributed by atoms with van der Waals surface area (Å²) in [5.41, 5.74) is -1.58. The van der Waals surface area contributed by atoms with Crippen LogP contribution in [0.1, 0.15) is 34.6 Å². The number of rotatable bonds is 3. The van der Waals surface area contributed by atoms with Gasteiger partial charge in [-0.1, -0.05) is 27.7 Å². The smallest absolute Gasteiger partial charge is 0.246 e. The Balaban J connectivity index is 4.61. The number of hydrogen-bond acceptors (Lipinski definition) is 0. The highest BCUT2D eigenvalue weighted by molar-refractivity contribution is 4.89. The van der Waals surface area contributed by atoms with Gasteiger partial charge < -0.3 is 0 Å². The third-order valence-corrected chi connectivity index (χ3v) is 2.41. The molecule has 0 amide bonds. The van der Waals surface area contributed by atoms with Crippen LogP contribution in [-0.4, -0.2) is 12.1 Å². The minimum Gasteiger partial charge on any atom is -0.246 e. The summed E-state index contributed by atoms with van der Waals surface area (Å²) in [5.74, 6) is -3.35. The fraction of sp³-hybridized carbons (Fsp3) is 1.00. The standard InChI is InChI=1S/C9H17F3/c1-6(2)7(10)8(3,4)9(5,11)12/h6-7H,1-5H3. The van der Waals surface area contributed by atoms with Crippen molar-refractivity contribution in [1.82, 2.24) is 0 Å². The summed E-state index contributed by atoms with van der Waals surface area (Å²) in [5, 5.41) is 0. The van der Waals surface area contributed by atoms with Crippen LogP contribution < -0.4 is 0 Å². The fourth-order valence-corrected chi connectivity index (χ4v) is 1.08. The second-order valence-electron chi connectivity index (χ2n) is 4.26. The van der Waals surface area contributed by atoms with E-state index in [1.165, 1.54) is 13.8 Å². The molecule has 0 aromatic rings. The van der Waals surface area contributed by atoms with Crippen molar-refractivity contribution in [3.8, 4) is 0 Å². The van der Waals surface area contributed by atoms with E-state index in [1.807, 2.05) is 0 Å². The van der Waals surface area contributed by atoms with Crippen molar-refractivity contribution < 1.29 is 13.2 Å². The first kappa shape index (κ1) is 11.8. The van der Waals surface area contributed by atoms with Crippen LogP contribution in [0.15, 0.2) is 0 Å². The summed E-state index contributed by atoms with van der Waals surface area (Å²) < 4.78 is 39.1. The van der Waals surface area contributed by atoms with Gasteiger partial charge in [-0.25, -0.2) is 13.2 Å². The molecule has 3 heteroatoms. The van der Waals surface area contributed by atoms with Crippen molar-refractivity contribution in [3.05, 3.63) is 0 Å². The molecule has 12 heavy (non-hydrogen) atoms. The van der Waals surface area contributed by atoms with Crippen LogP contribution in [-0.2, 0) is 0 Å². The lowest BCUT2D eigenvalue weighted by Crippen LogP contribution is -2.43. The third kappa shape index (κ3) is 2.14. The summed E-state index contributed by atoms with van der Waals surface area (Å²) in [6.45, 7) is 6.51. The Morgan fingerprint density at radius 1 is 1.00 bits per heavy atom. The molecule has 0 nitrogen and oxygen atoms in total. The lowest BCUT2D eigenvalue weighted by molar-refractivity contribution is -0.132. The van der Waals surface area contributed by atoms with Gasteiger partial charge in [-0.15, -0.1) is 0 Å². The molecule has 0 aliphatic rings. The van der Waals surface area contributed by atoms with Crippen LogP contribution >= 0.6 is 0 Å². The van der Waals surface area contributed by atoms with Gasteiger partial charge in [0, 0.05) is 0 Å². The normalized spacial score (nSPS) is 16.8. The summed E-state index contributed by atoms with van der Waals surface area (Å²) in [7, 11) is 0. The Hall–Kier alpha value is -0.210. The first-order valence-electron chi connectivity index (χ1n) is 4.12. The average molecular weight is 182 g/mol. The Kier molecular flexibility index (Phi) is 3.21. The monoisotopic (exact) mass is 182 g/mol. The summed E-state index contributed by atoms with van der Waals surface area (Å²) in [4.78, 5) is 0. The molecular weight excluding hydrogens is 165 g/mol. The SMILES string of the molecule is CC(C)C(F)C(C)(C)C(C)(F)F. The van der Waals surface area contributed by atoms with Gasteiger partial charge in [-0.05, 0) is 12.8 Å². The lowest BCUT2D eigenvalue weighted by Gasteiger charge is -2.36. The number of halogens is 3. The van der Waals surface area contributed by atoms with Crippen LogP contribution in [0.3, 0.4) is 0 Å². The van der Waals surface area contributed by atoms with Crippen molar-refractivity contribution in [1.29, 1.82) is 0 Å². The Morgan fingerprint density at radius 2 is 1.33 bits per heavy atom. The van der Waals surface area contributed by atoms with Crippen LogP contribution in [0.4, 0.5) is 13.2 Å². The van der Waals surface area contributed by atoms with Gasteiger partial charge in [0.15, 0.2) is 0 Å². The summed E-state index contributed by atoms with van der Waals surface area (Å²) in [6.07, 6.45) is -1.47. The zero-order valence-corrected chi connectivity index (χ0v) is 8.29. The molecule has 0 aromatic carbocycles. The molecule has 0 fully saturated rings. The highest BCUT2D eigenvalue weighted by Gasteiger charge is 2.49. The average Bonchev–Trinajstić information content (AvgIpc) is 1.83. The van der Waals surface area contributed by atoms with Gasteiger partial charge in [0.25, 0.3) is 5.92 Å². The van der Waals surface area contributed by atoms with E-state index < -0.39 is 17.5 Å². The van der Waals surface area contributed by atoms with E-state index in [-0.39, 0.29) is 5.92 Å². The molecule has 1 atom stereocenters. The van der Waals surface area contributed by atoms with E-state index in [0.29, 0.717) is 0 Å². The van der Waals surface area contributed by atoms with Gasteiger partial charge in [0.1, 0.15) is 6.17 Å². The molecule has 0 aliphatic carbocycles. The minimum absolute atomic E-state index is 0.370. The largest absolute Gasteiger partial charge is 0.253 e. The fourth-order valence-electron chi connectivity index (χ4n) is 1.08.